The summed E-state index contributed by atoms with van der Waals surface area (Å²) in [6.07, 6.45) is 0.275. The van der Waals surface area contributed by atoms with E-state index in [4.69, 9.17) is 10.00 Å². The third-order valence-electron chi connectivity index (χ3n) is 4.60. The molecule has 0 aliphatic rings. The molecule has 0 aliphatic heterocycles. The Hall–Kier alpha value is -3.09. The first-order chi connectivity index (χ1) is 15.0. The van der Waals surface area contributed by atoms with Crippen molar-refractivity contribution in [3.8, 4) is 11.8 Å². The number of anilines is 3. The number of aromatic nitrogens is 2. The summed E-state index contributed by atoms with van der Waals surface area (Å²) in [6.45, 7) is 4.40. The molecule has 31 heavy (non-hydrogen) atoms. The lowest BCUT2D eigenvalue weighted by molar-refractivity contribution is -0.116. The first-order valence-electron chi connectivity index (χ1n) is 9.62. The second-order valence-electron chi connectivity index (χ2n) is 6.74. The molecule has 1 heterocycles. The number of ether oxygens (including phenoxy) is 1. The lowest BCUT2D eigenvalue weighted by atomic mass is 10.1. The van der Waals surface area contributed by atoms with Crippen molar-refractivity contribution in [2.75, 3.05) is 29.6 Å². The smallest absolute Gasteiger partial charge is 0.237 e. The summed E-state index contributed by atoms with van der Waals surface area (Å²) in [5.74, 6) is 0.895. The van der Waals surface area contributed by atoms with E-state index in [0.29, 0.717) is 16.0 Å². The Morgan fingerprint density at radius 2 is 2.06 bits per heavy atom. The summed E-state index contributed by atoms with van der Waals surface area (Å²) in [4.78, 5) is 14.6. The number of aryl methyl sites for hydroxylation is 2. The van der Waals surface area contributed by atoms with Crippen LogP contribution in [-0.4, -0.2) is 35.5 Å². The fourth-order valence-electron chi connectivity index (χ4n) is 2.80. The van der Waals surface area contributed by atoms with Gasteiger partial charge in [0.05, 0.1) is 25.4 Å². The van der Waals surface area contributed by atoms with Crippen LogP contribution >= 0.6 is 23.1 Å². The van der Waals surface area contributed by atoms with Gasteiger partial charge in [0.1, 0.15) is 5.75 Å². The number of rotatable bonds is 9. The lowest BCUT2D eigenvalue weighted by Crippen LogP contribution is -2.33. The number of thioether (sulfide) groups is 1. The van der Waals surface area contributed by atoms with Crippen molar-refractivity contribution in [1.82, 2.24) is 10.2 Å². The number of nitriles is 1. The van der Waals surface area contributed by atoms with Gasteiger partial charge in [0.15, 0.2) is 4.34 Å². The van der Waals surface area contributed by atoms with Crippen LogP contribution in [0.5, 0.6) is 5.75 Å². The van der Waals surface area contributed by atoms with E-state index in [-0.39, 0.29) is 18.1 Å². The molecule has 3 rings (SSSR count). The predicted octanol–water partition coefficient (Wildman–Crippen LogP) is 4.95. The Morgan fingerprint density at radius 1 is 1.23 bits per heavy atom. The molecule has 0 spiro atoms. The van der Waals surface area contributed by atoms with Gasteiger partial charge in [-0.15, -0.1) is 10.2 Å². The number of hydrogen-bond donors (Lipinski definition) is 1. The fraction of sp³-hybridized carbons (Fsp3) is 0.273. The molecule has 160 valence electrons. The molecule has 0 saturated heterocycles. The number of carbonyl (C=O) groups is 1. The van der Waals surface area contributed by atoms with E-state index in [1.54, 1.807) is 12.0 Å². The van der Waals surface area contributed by atoms with Crippen LogP contribution in [0.15, 0.2) is 46.8 Å². The molecule has 9 heteroatoms. The van der Waals surface area contributed by atoms with Crippen molar-refractivity contribution in [2.45, 2.75) is 24.6 Å². The average molecular weight is 454 g/mol. The topological polar surface area (TPSA) is 91.1 Å². The molecular weight excluding hydrogens is 430 g/mol. The molecule has 0 saturated carbocycles. The highest BCUT2D eigenvalue weighted by atomic mass is 32.2. The largest absolute Gasteiger partial charge is 0.497 e. The van der Waals surface area contributed by atoms with Crippen molar-refractivity contribution in [3.05, 3.63) is 53.6 Å². The number of nitrogens with one attached hydrogen (secondary N) is 1. The van der Waals surface area contributed by atoms with Crippen LogP contribution in [0.4, 0.5) is 16.5 Å². The van der Waals surface area contributed by atoms with Gasteiger partial charge in [-0.2, -0.15) is 5.26 Å². The summed E-state index contributed by atoms with van der Waals surface area (Å²) in [6, 6.07) is 15.6. The summed E-state index contributed by atoms with van der Waals surface area (Å²) in [5.41, 5.74) is 3.93. The molecule has 0 atom stereocenters. The zero-order valence-corrected chi connectivity index (χ0v) is 19.2. The quantitative estimate of drug-likeness (QED) is 0.459. The van der Waals surface area contributed by atoms with Gasteiger partial charge in [-0.05, 0) is 49.2 Å². The van der Waals surface area contributed by atoms with Crippen LogP contribution in [-0.2, 0) is 4.79 Å². The summed E-state index contributed by atoms with van der Waals surface area (Å²) >= 11 is 2.72. The summed E-state index contributed by atoms with van der Waals surface area (Å²) < 4.78 is 5.92. The Balaban J connectivity index is 1.64. The van der Waals surface area contributed by atoms with Crippen LogP contribution in [0.2, 0.25) is 0 Å². The molecule has 1 aromatic heterocycles. The van der Waals surface area contributed by atoms with E-state index < -0.39 is 0 Å². The van der Waals surface area contributed by atoms with Gasteiger partial charge in [0.25, 0.3) is 0 Å². The van der Waals surface area contributed by atoms with Gasteiger partial charge in [-0.3, -0.25) is 4.79 Å². The molecule has 0 radical (unpaired) electrons. The minimum absolute atomic E-state index is 0.0685. The summed E-state index contributed by atoms with van der Waals surface area (Å²) in [7, 11) is 1.62. The van der Waals surface area contributed by atoms with E-state index in [1.807, 2.05) is 56.3 Å². The van der Waals surface area contributed by atoms with E-state index in [9.17, 15) is 4.79 Å². The predicted molar refractivity (Wildman–Crippen MR) is 125 cm³/mol. The van der Waals surface area contributed by atoms with Crippen LogP contribution in [0.3, 0.4) is 0 Å². The minimum atomic E-state index is -0.0685. The highest BCUT2D eigenvalue weighted by Gasteiger charge is 2.17. The molecule has 0 unspecified atom stereocenters. The molecule has 3 aromatic rings. The second kappa shape index (κ2) is 10.8. The van der Waals surface area contributed by atoms with Gasteiger partial charge >= 0.3 is 0 Å². The number of nitrogens with zero attached hydrogens (tertiary/aromatic N) is 4. The Labute approximate surface area is 190 Å². The number of hydrogen-bond acceptors (Lipinski definition) is 8. The SMILES string of the molecule is COc1cccc(Nc2nnc(SCC(=O)N(CCC#N)c3ccc(C)c(C)c3)s2)c1. The molecule has 0 aliphatic carbocycles. The third kappa shape index (κ3) is 6.20. The number of benzene rings is 2. The minimum Gasteiger partial charge on any atom is -0.497 e. The van der Waals surface area contributed by atoms with Crippen LogP contribution in [0, 0.1) is 25.2 Å². The van der Waals surface area contributed by atoms with Crippen LogP contribution < -0.4 is 15.0 Å². The molecule has 1 N–H and O–H groups in total. The van der Waals surface area contributed by atoms with Crippen molar-refractivity contribution < 1.29 is 9.53 Å². The number of methoxy groups -OCH3 is 1. The maximum absolute atomic E-state index is 12.9. The van der Waals surface area contributed by atoms with E-state index in [0.717, 1.165) is 28.3 Å². The van der Waals surface area contributed by atoms with Gasteiger partial charge < -0.3 is 15.0 Å². The Morgan fingerprint density at radius 3 is 2.81 bits per heavy atom. The molecule has 7 nitrogen and oxygen atoms in total. The monoisotopic (exact) mass is 453 g/mol. The highest BCUT2D eigenvalue weighted by Crippen LogP contribution is 2.29. The maximum atomic E-state index is 12.9. The van der Waals surface area contributed by atoms with Gasteiger partial charge in [-0.25, -0.2) is 0 Å². The van der Waals surface area contributed by atoms with Gasteiger partial charge in [0, 0.05) is 24.0 Å². The van der Waals surface area contributed by atoms with Crippen LogP contribution in [0.25, 0.3) is 0 Å². The first kappa shape index (κ1) is 22.6. The number of amides is 1. The van der Waals surface area contributed by atoms with Gasteiger partial charge in [0.2, 0.25) is 11.0 Å². The van der Waals surface area contributed by atoms with E-state index >= 15 is 0 Å². The van der Waals surface area contributed by atoms with E-state index in [2.05, 4.69) is 21.6 Å². The standard InChI is InChI=1S/C22H23N5O2S2/c1-15-8-9-18(12-16(15)2)27(11-5-10-23)20(28)14-30-22-26-25-21(31-22)24-17-6-4-7-19(13-17)29-3/h4,6-9,12-13H,5,11,14H2,1-3H3,(H,24,25). The Kier molecular flexibility index (Phi) is 7.87. The Bertz CT molecular complexity index is 1090. The molecule has 0 bridgehead atoms. The molecular formula is C22H23N5O2S2. The molecule has 1 amide bonds. The second-order valence-corrected chi connectivity index (χ2v) is 8.94. The maximum Gasteiger partial charge on any atom is 0.237 e. The first-order valence-corrected chi connectivity index (χ1v) is 11.4. The highest BCUT2D eigenvalue weighted by molar-refractivity contribution is 8.01. The molecule has 0 fully saturated rings. The summed E-state index contributed by atoms with van der Waals surface area (Å²) in [5, 5.41) is 21.1. The van der Waals surface area contributed by atoms with Crippen molar-refractivity contribution in [2.24, 2.45) is 0 Å². The zero-order chi connectivity index (χ0) is 22.2. The van der Waals surface area contributed by atoms with Crippen molar-refractivity contribution >= 4 is 45.5 Å². The number of carbonyl (C=O) groups excluding carboxylic acids is 1. The van der Waals surface area contributed by atoms with Gasteiger partial charge in [-0.1, -0.05) is 35.2 Å². The molecule has 2 aromatic carbocycles. The van der Waals surface area contributed by atoms with E-state index in [1.165, 1.54) is 23.1 Å². The fourth-order valence-corrected chi connectivity index (χ4v) is 4.45. The van der Waals surface area contributed by atoms with Crippen molar-refractivity contribution in [1.29, 1.82) is 5.26 Å². The lowest BCUT2D eigenvalue weighted by Gasteiger charge is -2.22. The average Bonchev–Trinajstić information content (AvgIpc) is 3.22. The van der Waals surface area contributed by atoms with Crippen LogP contribution in [0.1, 0.15) is 17.5 Å². The zero-order valence-electron chi connectivity index (χ0n) is 17.6. The third-order valence-corrected chi connectivity index (χ3v) is 6.55. The normalized spacial score (nSPS) is 10.4. The van der Waals surface area contributed by atoms with Crippen molar-refractivity contribution in [3.63, 3.8) is 0 Å².